The van der Waals surface area contributed by atoms with Gasteiger partial charge in [0.25, 0.3) is 9.05 Å². The number of benzene rings is 1. The van der Waals surface area contributed by atoms with Gasteiger partial charge < -0.3 is 5.32 Å². The number of rotatable bonds is 4. The number of anilines is 1. The number of amides is 1. The largest absolute Gasteiger partial charge is 0.325 e. The van der Waals surface area contributed by atoms with E-state index in [2.05, 4.69) is 5.32 Å². The van der Waals surface area contributed by atoms with Crippen LogP contribution in [0.5, 0.6) is 0 Å². The Hall–Kier alpha value is -0.780. The summed E-state index contributed by atoms with van der Waals surface area (Å²) in [6.45, 7) is 1.68. The van der Waals surface area contributed by atoms with Gasteiger partial charge in [0.2, 0.25) is 5.91 Å². The molecule has 2 rings (SSSR count). The lowest BCUT2D eigenvalue weighted by molar-refractivity contribution is -0.117. The Bertz CT molecular complexity index is 616. The number of nitrogens with one attached hydrogen (secondary N) is 1. The molecule has 0 atom stereocenters. The van der Waals surface area contributed by atoms with Crippen molar-refractivity contribution in [1.29, 1.82) is 0 Å². The van der Waals surface area contributed by atoms with Gasteiger partial charge in [0.1, 0.15) is 0 Å². The van der Waals surface area contributed by atoms with E-state index >= 15 is 0 Å². The summed E-state index contributed by atoms with van der Waals surface area (Å²) in [5, 5.41) is 2.92. The second-order valence-electron chi connectivity index (χ2n) is 5.08. The van der Waals surface area contributed by atoms with E-state index in [0.717, 1.165) is 12.8 Å². The minimum Gasteiger partial charge on any atom is -0.325 e. The van der Waals surface area contributed by atoms with Gasteiger partial charge in [0, 0.05) is 17.1 Å². The number of aryl methyl sites for hydroxylation is 1. The molecule has 20 heavy (non-hydrogen) atoms. The summed E-state index contributed by atoms with van der Waals surface area (Å²) in [4.78, 5) is 11.8. The Kier molecular flexibility index (Phi) is 4.62. The van der Waals surface area contributed by atoms with E-state index in [-0.39, 0.29) is 15.8 Å². The van der Waals surface area contributed by atoms with E-state index in [1.807, 2.05) is 0 Å². The SMILES string of the molecule is Cc1cc(S(=O)(=O)Cl)cc(Cl)c1NC(=O)CC1CCC1. The minimum absolute atomic E-state index is 0.0707. The van der Waals surface area contributed by atoms with E-state index in [0.29, 0.717) is 23.6 Å². The maximum Gasteiger partial charge on any atom is 0.261 e. The molecule has 110 valence electrons. The topological polar surface area (TPSA) is 63.2 Å². The zero-order valence-corrected chi connectivity index (χ0v) is 13.3. The highest BCUT2D eigenvalue weighted by atomic mass is 35.7. The molecule has 1 N–H and O–H groups in total. The van der Waals surface area contributed by atoms with Crippen LogP contribution >= 0.6 is 22.3 Å². The molecule has 1 amide bonds. The molecule has 1 aromatic rings. The van der Waals surface area contributed by atoms with Crippen LogP contribution in [0, 0.1) is 12.8 Å². The van der Waals surface area contributed by atoms with Crippen LogP contribution < -0.4 is 5.32 Å². The lowest BCUT2D eigenvalue weighted by atomic mass is 9.83. The van der Waals surface area contributed by atoms with Crippen LogP contribution in [0.4, 0.5) is 5.69 Å². The molecule has 7 heteroatoms. The first-order valence-corrected chi connectivity index (χ1v) is 9.01. The van der Waals surface area contributed by atoms with Crippen molar-refractivity contribution in [2.24, 2.45) is 5.92 Å². The molecule has 0 spiro atoms. The van der Waals surface area contributed by atoms with Gasteiger partial charge in [-0.2, -0.15) is 0 Å². The third kappa shape index (κ3) is 3.65. The number of carbonyl (C=O) groups is 1. The van der Waals surface area contributed by atoms with Crippen molar-refractivity contribution >= 4 is 42.9 Å². The molecule has 0 unspecified atom stereocenters. The molecule has 1 fully saturated rings. The van der Waals surface area contributed by atoms with Crippen LogP contribution in [-0.2, 0) is 13.8 Å². The Morgan fingerprint density at radius 1 is 1.40 bits per heavy atom. The summed E-state index contributed by atoms with van der Waals surface area (Å²) in [5.41, 5.74) is 1.01. The summed E-state index contributed by atoms with van der Waals surface area (Å²) in [6.07, 6.45) is 3.83. The van der Waals surface area contributed by atoms with E-state index in [4.69, 9.17) is 22.3 Å². The highest BCUT2D eigenvalue weighted by Crippen LogP contribution is 2.33. The van der Waals surface area contributed by atoms with Crippen molar-refractivity contribution in [2.45, 2.75) is 37.5 Å². The van der Waals surface area contributed by atoms with Crippen LogP contribution in [0.15, 0.2) is 17.0 Å². The lowest BCUT2D eigenvalue weighted by Gasteiger charge is -2.24. The Labute approximate surface area is 127 Å². The van der Waals surface area contributed by atoms with Crippen LogP contribution in [0.1, 0.15) is 31.2 Å². The Morgan fingerprint density at radius 2 is 2.05 bits per heavy atom. The molecular formula is C13H15Cl2NO3S. The fourth-order valence-corrected chi connectivity index (χ4v) is 3.38. The van der Waals surface area contributed by atoms with Gasteiger partial charge in [-0.25, -0.2) is 8.42 Å². The molecule has 1 aromatic carbocycles. The smallest absolute Gasteiger partial charge is 0.261 e. The van der Waals surface area contributed by atoms with Crippen LogP contribution in [0.2, 0.25) is 5.02 Å². The van der Waals surface area contributed by atoms with Crippen molar-refractivity contribution in [3.63, 3.8) is 0 Å². The predicted octanol–water partition coefficient (Wildman–Crippen LogP) is 3.70. The first-order chi connectivity index (χ1) is 9.27. The molecule has 0 bridgehead atoms. The Morgan fingerprint density at radius 3 is 2.50 bits per heavy atom. The van der Waals surface area contributed by atoms with Crippen LogP contribution in [0.25, 0.3) is 0 Å². The molecule has 0 radical (unpaired) electrons. The van der Waals surface area contributed by atoms with Crippen LogP contribution in [0.3, 0.4) is 0 Å². The number of carbonyl (C=O) groups excluding carboxylic acids is 1. The van der Waals surface area contributed by atoms with E-state index in [1.165, 1.54) is 18.6 Å². The zero-order chi connectivity index (χ0) is 14.9. The summed E-state index contributed by atoms with van der Waals surface area (Å²) in [5.74, 6) is 0.359. The van der Waals surface area contributed by atoms with Gasteiger partial charge in [-0.05, 0) is 43.4 Å². The second-order valence-corrected chi connectivity index (χ2v) is 8.06. The normalized spacial score (nSPS) is 15.8. The van der Waals surface area contributed by atoms with E-state index in [1.54, 1.807) is 6.92 Å². The van der Waals surface area contributed by atoms with Crippen LogP contribution in [-0.4, -0.2) is 14.3 Å². The molecule has 0 aliphatic heterocycles. The average molecular weight is 336 g/mol. The predicted molar refractivity (Wildman–Crippen MR) is 79.8 cm³/mol. The summed E-state index contributed by atoms with van der Waals surface area (Å²) >= 11 is 6.03. The van der Waals surface area contributed by atoms with Gasteiger partial charge in [0.05, 0.1) is 15.6 Å². The van der Waals surface area contributed by atoms with Gasteiger partial charge in [-0.15, -0.1) is 0 Å². The van der Waals surface area contributed by atoms with Crippen molar-refractivity contribution in [1.82, 2.24) is 0 Å². The molecular weight excluding hydrogens is 321 g/mol. The number of hydrogen-bond acceptors (Lipinski definition) is 3. The molecule has 1 aliphatic rings. The highest BCUT2D eigenvalue weighted by molar-refractivity contribution is 8.13. The maximum atomic E-state index is 11.9. The zero-order valence-electron chi connectivity index (χ0n) is 10.9. The monoisotopic (exact) mass is 335 g/mol. The Balaban J connectivity index is 2.17. The van der Waals surface area contributed by atoms with Gasteiger partial charge in [-0.1, -0.05) is 18.0 Å². The first kappa shape index (κ1) is 15.6. The van der Waals surface area contributed by atoms with E-state index in [9.17, 15) is 13.2 Å². The number of halogens is 2. The molecule has 4 nitrogen and oxygen atoms in total. The van der Waals surface area contributed by atoms with E-state index < -0.39 is 9.05 Å². The molecule has 0 heterocycles. The second kappa shape index (κ2) is 5.92. The quantitative estimate of drug-likeness (QED) is 0.853. The minimum atomic E-state index is -3.83. The first-order valence-electron chi connectivity index (χ1n) is 6.32. The molecule has 1 aliphatic carbocycles. The van der Waals surface area contributed by atoms with Crippen molar-refractivity contribution in [3.8, 4) is 0 Å². The highest BCUT2D eigenvalue weighted by Gasteiger charge is 2.22. The average Bonchev–Trinajstić information content (AvgIpc) is 2.27. The fraction of sp³-hybridized carbons (Fsp3) is 0.462. The van der Waals surface area contributed by atoms with Crippen molar-refractivity contribution < 1.29 is 13.2 Å². The lowest BCUT2D eigenvalue weighted by Crippen LogP contribution is -2.21. The molecule has 0 saturated heterocycles. The van der Waals surface area contributed by atoms with Crippen molar-refractivity contribution in [2.75, 3.05) is 5.32 Å². The van der Waals surface area contributed by atoms with Gasteiger partial charge in [-0.3, -0.25) is 4.79 Å². The van der Waals surface area contributed by atoms with Crippen molar-refractivity contribution in [3.05, 3.63) is 22.7 Å². The maximum absolute atomic E-state index is 11.9. The summed E-state index contributed by atoms with van der Waals surface area (Å²) in [7, 11) is 1.45. The fourth-order valence-electron chi connectivity index (χ4n) is 2.16. The summed E-state index contributed by atoms with van der Waals surface area (Å²) in [6, 6.07) is 2.64. The standard InChI is InChI=1S/C13H15Cl2NO3S/c1-8-5-10(20(15,18)19)7-11(14)13(8)16-12(17)6-9-3-2-4-9/h5,7,9H,2-4,6H2,1H3,(H,16,17). The van der Waals surface area contributed by atoms with Gasteiger partial charge >= 0.3 is 0 Å². The third-order valence-electron chi connectivity index (χ3n) is 3.51. The number of hydrogen-bond donors (Lipinski definition) is 1. The third-order valence-corrected chi connectivity index (χ3v) is 5.14. The molecule has 1 saturated carbocycles. The molecule has 0 aromatic heterocycles. The summed E-state index contributed by atoms with van der Waals surface area (Å²) < 4.78 is 22.6. The van der Waals surface area contributed by atoms with Gasteiger partial charge in [0.15, 0.2) is 0 Å².